The van der Waals surface area contributed by atoms with Crippen molar-refractivity contribution in [1.29, 1.82) is 0 Å². The predicted octanol–water partition coefficient (Wildman–Crippen LogP) is 1.28. The summed E-state index contributed by atoms with van der Waals surface area (Å²) in [6.45, 7) is 1.12. The summed E-state index contributed by atoms with van der Waals surface area (Å²) in [5.41, 5.74) is 0.944. The van der Waals surface area contributed by atoms with E-state index in [4.69, 9.17) is 0 Å². The molecule has 1 aromatic rings. The molecule has 0 bridgehead atoms. The Balaban J connectivity index is 1.60. The summed E-state index contributed by atoms with van der Waals surface area (Å²) < 4.78 is 13.2. The third-order valence-electron chi connectivity index (χ3n) is 5.46. The number of likely N-dealkylation sites (N-methyl/N-ethyl adjacent to an activating group) is 1. The maximum Gasteiger partial charge on any atom is 0.278 e. The first-order valence-corrected chi connectivity index (χ1v) is 10.2. The first kappa shape index (κ1) is 19.8. The lowest BCUT2D eigenvalue weighted by Crippen LogP contribution is -3.11. The fourth-order valence-electron chi connectivity index (χ4n) is 3.80. The maximum absolute atomic E-state index is 13.2. The molecule has 2 N–H and O–H groups in total. The Morgan fingerprint density at radius 1 is 1.07 bits per heavy atom. The molecule has 3 rings (SSSR count). The van der Waals surface area contributed by atoms with E-state index >= 15 is 0 Å². The number of carbonyl (C=O) groups is 2. The van der Waals surface area contributed by atoms with E-state index in [9.17, 15) is 14.0 Å². The lowest BCUT2D eigenvalue weighted by Gasteiger charge is -2.34. The third-order valence-corrected chi connectivity index (χ3v) is 5.46. The highest BCUT2D eigenvalue weighted by molar-refractivity contribution is 5.79. The molecule has 0 spiro atoms. The minimum Gasteiger partial charge on any atom is -0.348 e. The third kappa shape index (κ3) is 6.31. The van der Waals surface area contributed by atoms with Crippen molar-refractivity contribution < 1.29 is 18.9 Å². The molecule has 148 valence electrons. The lowest BCUT2D eigenvalue weighted by molar-refractivity contribution is -0.863. The second-order valence-electron chi connectivity index (χ2n) is 8.09. The van der Waals surface area contributed by atoms with Crippen molar-refractivity contribution in [3.8, 4) is 0 Å². The number of carbonyl (C=O) groups excluding carboxylic acids is 2. The Kier molecular flexibility index (Phi) is 6.83. The van der Waals surface area contributed by atoms with Gasteiger partial charge in [0.1, 0.15) is 5.82 Å². The molecular weight excluding hydrogens is 345 g/mol. The van der Waals surface area contributed by atoms with E-state index in [1.165, 1.54) is 18.6 Å². The van der Waals surface area contributed by atoms with Crippen LogP contribution in [0.4, 0.5) is 4.39 Å². The highest BCUT2D eigenvalue weighted by atomic mass is 19.1. The number of hydrogen-bond acceptors (Lipinski definition) is 2. The van der Waals surface area contributed by atoms with Gasteiger partial charge in [0.05, 0.1) is 7.05 Å². The molecule has 2 fully saturated rings. The van der Waals surface area contributed by atoms with E-state index in [0.717, 1.165) is 49.0 Å². The van der Waals surface area contributed by atoms with Crippen LogP contribution in [0.3, 0.4) is 0 Å². The molecule has 5 nitrogen and oxygen atoms in total. The highest BCUT2D eigenvalue weighted by Gasteiger charge is 2.29. The quantitative estimate of drug-likeness (QED) is 0.718. The Hall–Kier alpha value is -1.95. The predicted molar refractivity (Wildman–Crippen MR) is 102 cm³/mol. The second kappa shape index (κ2) is 9.31. The molecule has 27 heavy (non-hydrogen) atoms. The Labute approximate surface area is 160 Å². The van der Waals surface area contributed by atoms with Gasteiger partial charge in [0.15, 0.2) is 13.1 Å². The molecule has 2 saturated carbocycles. The SMILES string of the molecule is C[NH+](CC(=O)NC1CC1)CC(=O)N(Cc1ccc(F)cc1)C1CCCCC1. The molecule has 0 heterocycles. The van der Waals surface area contributed by atoms with Crippen molar-refractivity contribution in [2.24, 2.45) is 0 Å². The minimum atomic E-state index is -0.264. The molecule has 2 aliphatic carbocycles. The normalized spacial score (nSPS) is 18.7. The zero-order chi connectivity index (χ0) is 19.2. The molecule has 1 unspecified atom stereocenters. The average molecular weight is 376 g/mol. The number of halogens is 1. The van der Waals surface area contributed by atoms with Crippen LogP contribution >= 0.6 is 0 Å². The van der Waals surface area contributed by atoms with Crippen molar-refractivity contribution >= 4 is 11.8 Å². The van der Waals surface area contributed by atoms with E-state index in [1.54, 1.807) is 12.1 Å². The van der Waals surface area contributed by atoms with Crippen LogP contribution in [0.25, 0.3) is 0 Å². The molecule has 0 radical (unpaired) electrons. The van der Waals surface area contributed by atoms with Crippen LogP contribution in [0.1, 0.15) is 50.5 Å². The molecule has 0 saturated heterocycles. The van der Waals surface area contributed by atoms with Gasteiger partial charge in [0, 0.05) is 18.6 Å². The van der Waals surface area contributed by atoms with Gasteiger partial charge >= 0.3 is 0 Å². The number of quaternary nitrogens is 1. The largest absolute Gasteiger partial charge is 0.348 e. The van der Waals surface area contributed by atoms with Crippen molar-refractivity contribution in [2.75, 3.05) is 20.1 Å². The first-order valence-electron chi connectivity index (χ1n) is 10.2. The maximum atomic E-state index is 13.2. The lowest BCUT2D eigenvalue weighted by atomic mass is 9.93. The first-order chi connectivity index (χ1) is 13.0. The monoisotopic (exact) mass is 376 g/mol. The van der Waals surface area contributed by atoms with Crippen molar-refractivity contribution in [1.82, 2.24) is 10.2 Å². The molecule has 1 atom stereocenters. The summed E-state index contributed by atoms with van der Waals surface area (Å²) in [4.78, 5) is 27.9. The summed E-state index contributed by atoms with van der Waals surface area (Å²) >= 11 is 0. The van der Waals surface area contributed by atoms with Crippen LogP contribution in [-0.4, -0.2) is 48.9 Å². The van der Waals surface area contributed by atoms with Gasteiger partial charge in [-0.1, -0.05) is 31.4 Å². The zero-order valence-corrected chi connectivity index (χ0v) is 16.2. The second-order valence-corrected chi connectivity index (χ2v) is 8.09. The number of nitrogens with one attached hydrogen (secondary N) is 2. The van der Waals surface area contributed by atoms with Crippen molar-refractivity contribution in [2.45, 2.75) is 63.6 Å². The van der Waals surface area contributed by atoms with Crippen LogP contribution < -0.4 is 10.2 Å². The van der Waals surface area contributed by atoms with E-state index in [-0.39, 0.29) is 23.7 Å². The number of nitrogens with zero attached hydrogens (tertiary/aromatic N) is 1. The van der Waals surface area contributed by atoms with E-state index < -0.39 is 0 Å². The molecule has 0 aliphatic heterocycles. The van der Waals surface area contributed by atoms with Gasteiger partial charge in [0.25, 0.3) is 11.8 Å². The Morgan fingerprint density at radius 3 is 2.37 bits per heavy atom. The van der Waals surface area contributed by atoms with Crippen molar-refractivity contribution in [3.63, 3.8) is 0 Å². The van der Waals surface area contributed by atoms with Gasteiger partial charge in [-0.05, 0) is 43.4 Å². The van der Waals surface area contributed by atoms with Crippen LogP contribution in [0.5, 0.6) is 0 Å². The summed E-state index contributed by atoms with van der Waals surface area (Å²) in [6.07, 6.45) is 7.69. The van der Waals surface area contributed by atoms with E-state index in [2.05, 4.69) is 5.32 Å². The van der Waals surface area contributed by atoms with Crippen molar-refractivity contribution in [3.05, 3.63) is 35.6 Å². The van der Waals surface area contributed by atoms with Gasteiger partial charge < -0.3 is 15.1 Å². The zero-order valence-electron chi connectivity index (χ0n) is 16.2. The fraction of sp³-hybridized carbons (Fsp3) is 0.619. The number of hydrogen-bond donors (Lipinski definition) is 2. The van der Waals surface area contributed by atoms with Gasteiger partial charge in [-0.3, -0.25) is 9.59 Å². The van der Waals surface area contributed by atoms with Crippen LogP contribution in [-0.2, 0) is 16.1 Å². The summed E-state index contributed by atoms with van der Waals surface area (Å²) in [6, 6.07) is 6.97. The van der Waals surface area contributed by atoms with Crippen LogP contribution in [0.2, 0.25) is 0 Å². The summed E-state index contributed by atoms with van der Waals surface area (Å²) in [5, 5.41) is 2.98. The van der Waals surface area contributed by atoms with Crippen LogP contribution in [0.15, 0.2) is 24.3 Å². The fourth-order valence-corrected chi connectivity index (χ4v) is 3.80. The molecule has 2 aliphatic rings. The van der Waals surface area contributed by atoms with Crippen LogP contribution in [0, 0.1) is 5.82 Å². The van der Waals surface area contributed by atoms with Gasteiger partial charge in [-0.25, -0.2) is 4.39 Å². The smallest absolute Gasteiger partial charge is 0.278 e. The number of amides is 2. The Morgan fingerprint density at radius 2 is 1.74 bits per heavy atom. The number of benzene rings is 1. The molecule has 1 aromatic carbocycles. The molecule has 2 amide bonds. The van der Waals surface area contributed by atoms with Gasteiger partial charge in [-0.2, -0.15) is 0 Å². The van der Waals surface area contributed by atoms with Gasteiger partial charge in [-0.15, -0.1) is 0 Å². The molecule has 6 heteroatoms. The topological polar surface area (TPSA) is 53.9 Å². The van der Waals surface area contributed by atoms with Gasteiger partial charge in [0.2, 0.25) is 0 Å². The average Bonchev–Trinajstić information content (AvgIpc) is 3.45. The van der Waals surface area contributed by atoms with E-state index in [1.807, 2.05) is 11.9 Å². The van der Waals surface area contributed by atoms with E-state index in [0.29, 0.717) is 25.7 Å². The Bertz CT molecular complexity index is 639. The number of rotatable bonds is 8. The highest BCUT2D eigenvalue weighted by Crippen LogP contribution is 2.24. The minimum absolute atomic E-state index is 0.0190. The summed E-state index contributed by atoms with van der Waals surface area (Å²) in [7, 11) is 1.89. The molecule has 0 aromatic heterocycles. The molecular formula is C21H31FN3O2+. The summed E-state index contributed by atoms with van der Waals surface area (Å²) in [5.74, 6) is -0.173. The standard InChI is InChI=1S/C21H30FN3O2/c1-24(14-20(26)23-18-11-12-18)15-21(27)25(19-5-3-2-4-6-19)13-16-7-9-17(22)10-8-16/h7-10,18-19H,2-6,11-15H2,1H3,(H,23,26)/p+1.